The summed E-state index contributed by atoms with van der Waals surface area (Å²) in [6.45, 7) is 0. The zero-order valence-electron chi connectivity index (χ0n) is 16.6. The van der Waals surface area contributed by atoms with E-state index in [1.54, 1.807) is 24.3 Å². The molecule has 0 spiro atoms. The maximum atomic E-state index is 12.9. The summed E-state index contributed by atoms with van der Waals surface area (Å²) < 4.78 is 10.8. The van der Waals surface area contributed by atoms with Crippen LogP contribution in [0.3, 0.4) is 0 Å². The van der Waals surface area contributed by atoms with Gasteiger partial charge in [-0.3, -0.25) is 4.79 Å². The monoisotopic (exact) mass is 398 g/mol. The van der Waals surface area contributed by atoms with Crippen molar-refractivity contribution in [3.63, 3.8) is 0 Å². The number of aromatic hydroxyl groups is 2. The average molecular weight is 398 g/mol. The predicted octanol–water partition coefficient (Wildman–Crippen LogP) is 4.03. The fraction of sp³-hybridized carbons (Fsp3) is 0.348. The lowest BCUT2D eigenvalue weighted by atomic mass is 9.80. The molecule has 0 bridgehead atoms. The van der Waals surface area contributed by atoms with Gasteiger partial charge in [0.1, 0.15) is 28.6 Å². The Morgan fingerprint density at radius 2 is 1.69 bits per heavy atom. The highest BCUT2D eigenvalue weighted by Gasteiger charge is 2.33. The number of methoxy groups -OCH3 is 2. The van der Waals surface area contributed by atoms with Crippen LogP contribution in [0.2, 0.25) is 0 Å². The van der Waals surface area contributed by atoms with Crippen molar-refractivity contribution >= 4 is 11.9 Å². The van der Waals surface area contributed by atoms with Crippen LogP contribution in [0.1, 0.15) is 53.1 Å². The standard InChI is InChI=1S/C23H26O6/c1-28-19-13-20(29-2)22(18(26)12-9-14-7-10-15(24)11-8-14)23(27)21(19)16-5-3-4-6-17(16)25/h7-13,16-17,24-25,27H,3-6H2,1-2H3/b12-9+/t16-,17-/m1/s1. The molecule has 0 heterocycles. The fourth-order valence-corrected chi connectivity index (χ4v) is 3.85. The lowest BCUT2D eigenvalue weighted by Gasteiger charge is -2.30. The highest BCUT2D eigenvalue weighted by Crippen LogP contribution is 2.47. The molecule has 0 unspecified atom stereocenters. The smallest absolute Gasteiger partial charge is 0.193 e. The summed E-state index contributed by atoms with van der Waals surface area (Å²) in [7, 11) is 2.91. The lowest BCUT2D eigenvalue weighted by molar-refractivity contribution is 0.101. The Hall–Kier alpha value is -2.99. The molecule has 6 nitrogen and oxygen atoms in total. The van der Waals surface area contributed by atoms with Crippen LogP contribution >= 0.6 is 0 Å². The van der Waals surface area contributed by atoms with E-state index >= 15 is 0 Å². The molecule has 0 aliphatic heterocycles. The normalized spacial score (nSPS) is 19.3. The molecule has 1 aliphatic carbocycles. The molecule has 2 atom stereocenters. The molecule has 29 heavy (non-hydrogen) atoms. The first-order chi connectivity index (χ1) is 14.0. The highest BCUT2D eigenvalue weighted by atomic mass is 16.5. The van der Waals surface area contributed by atoms with Gasteiger partial charge in [-0.05, 0) is 36.6 Å². The number of aliphatic hydroxyl groups is 1. The number of phenols is 2. The quantitative estimate of drug-likeness (QED) is 0.502. The van der Waals surface area contributed by atoms with Crippen LogP contribution in [0.5, 0.6) is 23.0 Å². The highest BCUT2D eigenvalue weighted by molar-refractivity contribution is 6.11. The first-order valence-corrected chi connectivity index (χ1v) is 9.63. The van der Waals surface area contributed by atoms with E-state index < -0.39 is 11.9 Å². The van der Waals surface area contributed by atoms with Crippen LogP contribution in [-0.2, 0) is 0 Å². The number of hydrogen-bond donors (Lipinski definition) is 3. The van der Waals surface area contributed by atoms with E-state index in [0.717, 1.165) is 18.4 Å². The van der Waals surface area contributed by atoms with Crippen LogP contribution in [0.4, 0.5) is 0 Å². The lowest BCUT2D eigenvalue weighted by Crippen LogP contribution is -2.23. The molecule has 1 saturated carbocycles. The molecule has 2 aromatic carbocycles. The van der Waals surface area contributed by atoms with Crippen molar-refractivity contribution in [2.24, 2.45) is 0 Å². The summed E-state index contributed by atoms with van der Waals surface area (Å²) in [5, 5.41) is 30.9. The molecule has 1 fully saturated rings. The van der Waals surface area contributed by atoms with Gasteiger partial charge in [-0.1, -0.05) is 31.1 Å². The van der Waals surface area contributed by atoms with Gasteiger partial charge in [0.25, 0.3) is 0 Å². The average Bonchev–Trinajstić information content (AvgIpc) is 2.73. The van der Waals surface area contributed by atoms with E-state index in [0.29, 0.717) is 24.2 Å². The summed E-state index contributed by atoms with van der Waals surface area (Å²) in [4.78, 5) is 12.9. The van der Waals surface area contributed by atoms with Crippen molar-refractivity contribution in [2.45, 2.75) is 37.7 Å². The van der Waals surface area contributed by atoms with Crippen molar-refractivity contribution in [3.8, 4) is 23.0 Å². The summed E-state index contributed by atoms with van der Waals surface area (Å²) in [5.74, 6) is -0.219. The van der Waals surface area contributed by atoms with E-state index in [4.69, 9.17) is 9.47 Å². The summed E-state index contributed by atoms with van der Waals surface area (Å²) in [6, 6.07) is 7.98. The van der Waals surface area contributed by atoms with Gasteiger partial charge >= 0.3 is 0 Å². The summed E-state index contributed by atoms with van der Waals surface area (Å²) in [5.41, 5.74) is 1.21. The number of benzene rings is 2. The minimum Gasteiger partial charge on any atom is -0.508 e. The Bertz CT molecular complexity index is 901. The first-order valence-electron chi connectivity index (χ1n) is 9.63. The molecule has 0 amide bonds. The zero-order valence-corrected chi connectivity index (χ0v) is 16.6. The van der Waals surface area contributed by atoms with Crippen molar-refractivity contribution < 1.29 is 29.6 Å². The van der Waals surface area contributed by atoms with Crippen LogP contribution in [0.15, 0.2) is 36.4 Å². The van der Waals surface area contributed by atoms with Crippen LogP contribution in [0.25, 0.3) is 6.08 Å². The van der Waals surface area contributed by atoms with Gasteiger partial charge in [-0.2, -0.15) is 0 Å². The molecule has 3 N–H and O–H groups in total. The molecule has 0 radical (unpaired) electrons. The third-order valence-electron chi connectivity index (χ3n) is 5.37. The summed E-state index contributed by atoms with van der Waals surface area (Å²) >= 11 is 0. The molecule has 1 aliphatic rings. The van der Waals surface area contributed by atoms with Gasteiger partial charge in [0.2, 0.25) is 0 Å². The maximum Gasteiger partial charge on any atom is 0.193 e. The van der Waals surface area contributed by atoms with Crippen molar-refractivity contribution in [1.29, 1.82) is 0 Å². The molecule has 6 heteroatoms. The minimum absolute atomic E-state index is 0.0381. The van der Waals surface area contributed by atoms with E-state index in [9.17, 15) is 20.1 Å². The van der Waals surface area contributed by atoms with E-state index in [1.165, 1.54) is 32.4 Å². The van der Waals surface area contributed by atoms with Crippen LogP contribution < -0.4 is 9.47 Å². The molecule has 2 aromatic rings. The van der Waals surface area contributed by atoms with Gasteiger partial charge in [0, 0.05) is 17.5 Å². The van der Waals surface area contributed by atoms with Gasteiger partial charge in [-0.15, -0.1) is 0 Å². The Labute approximate surface area is 170 Å². The Kier molecular flexibility index (Phi) is 6.44. The number of ketones is 1. The molecule has 0 saturated heterocycles. The van der Waals surface area contributed by atoms with Crippen LogP contribution in [-0.4, -0.2) is 41.4 Å². The number of carbonyl (C=O) groups is 1. The predicted molar refractivity (Wildman–Crippen MR) is 110 cm³/mol. The number of rotatable bonds is 6. The Morgan fingerprint density at radius 1 is 1.03 bits per heavy atom. The van der Waals surface area contributed by atoms with E-state index in [1.807, 2.05) is 0 Å². The first kappa shape index (κ1) is 20.7. The molecular formula is C23H26O6. The van der Waals surface area contributed by atoms with Gasteiger partial charge in [0.05, 0.1) is 20.3 Å². The van der Waals surface area contributed by atoms with E-state index in [2.05, 4.69) is 0 Å². The maximum absolute atomic E-state index is 12.9. The van der Waals surface area contributed by atoms with Crippen molar-refractivity contribution in [1.82, 2.24) is 0 Å². The van der Waals surface area contributed by atoms with Gasteiger partial charge in [-0.25, -0.2) is 0 Å². The van der Waals surface area contributed by atoms with Gasteiger partial charge in [0.15, 0.2) is 5.78 Å². The SMILES string of the molecule is COc1cc(OC)c([C@@H]2CCCC[C@H]2O)c(O)c1C(=O)/C=C/c1ccc(O)cc1. The third kappa shape index (κ3) is 4.38. The van der Waals surface area contributed by atoms with Crippen LogP contribution in [0, 0.1) is 0 Å². The minimum atomic E-state index is -0.604. The van der Waals surface area contributed by atoms with Gasteiger partial charge < -0.3 is 24.8 Å². The fourth-order valence-electron chi connectivity index (χ4n) is 3.85. The number of ether oxygens (including phenoxy) is 2. The Morgan fingerprint density at radius 3 is 2.31 bits per heavy atom. The Balaban J connectivity index is 2.03. The molecule has 3 rings (SSSR count). The number of hydrogen-bond acceptors (Lipinski definition) is 6. The molecular weight excluding hydrogens is 372 g/mol. The van der Waals surface area contributed by atoms with E-state index in [-0.39, 0.29) is 28.7 Å². The second-order valence-electron chi connectivity index (χ2n) is 7.17. The number of carbonyl (C=O) groups excluding carboxylic acids is 1. The topological polar surface area (TPSA) is 96.2 Å². The summed E-state index contributed by atoms with van der Waals surface area (Å²) in [6.07, 6.45) is 5.54. The molecule has 154 valence electrons. The third-order valence-corrected chi connectivity index (χ3v) is 5.37. The van der Waals surface area contributed by atoms with Crippen molar-refractivity contribution in [2.75, 3.05) is 14.2 Å². The second-order valence-corrected chi connectivity index (χ2v) is 7.17. The van der Waals surface area contributed by atoms with Crippen molar-refractivity contribution in [3.05, 3.63) is 53.1 Å². The second kappa shape index (κ2) is 9.01. The largest absolute Gasteiger partial charge is 0.508 e. The number of phenolic OH excluding ortho intramolecular Hbond substituents is 2. The zero-order chi connectivity index (χ0) is 21.0. The molecule has 0 aromatic heterocycles. The number of aliphatic hydroxyl groups excluding tert-OH is 1. The number of allylic oxidation sites excluding steroid dienone is 1.